The van der Waals surface area contributed by atoms with Crippen molar-refractivity contribution < 1.29 is 29.3 Å². The van der Waals surface area contributed by atoms with Gasteiger partial charge in [-0.3, -0.25) is 9.59 Å². The zero-order valence-electron chi connectivity index (χ0n) is 15.7. The summed E-state index contributed by atoms with van der Waals surface area (Å²) < 4.78 is 10.3. The number of carbonyl (C=O) groups is 2. The summed E-state index contributed by atoms with van der Waals surface area (Å²) in [6, 6.07) is 8.67. The number of hydrogen-bond donors (Lipinski definition) is 4. The van der Waals surface area contributed by atoms with E-state index in [9.17, 15) is 14.2 Å². The zero-order valence-corrected chi connectivity index (χ0v) is 16.6. The van der Waals surface area contributed by atoms with E-state index in [4.69, 9.17) is 15.1 Å². The summed E-state index contributed by atoms with van der Waals surface area (Å²) in [5.41, 5.74) is 2.84. The van der Waals surface area contributed by atoms with Gasteiger partial charge in [-0.25, -0.2) is 0 Å². The molecule has 0 amide bonds. The number of carboxylic acids is 2. The van der Waals surface area contributed by atoms with Gasteiger partial charge < -0.3 is 15.5 Å². The van der Waals surface area contributed by atoms with Gasteiger partial charge in [-0.15, -0.1) is 0 Å². The van der Waals surface area contributed by atoms with Crippen molar-refractivity contribution in [3.63, 3.8) is 0 Å². The Hall–Kier alpha value is -1.98. The Labute approximate surface area is 155 Å². The Kier molecular flexibility index (Phi) is 10.7. The second-order valence-electron chi connectivity index (χ2n) is 6.86. The zero-order chi connectivity index (χ0) is 20.3. The van der Waals surface area contributed by atoms with Crippen LogP contribution in [0.2, 0.25) is 0 Å². The quantitative estimate of drug-likeness (QED) is 0.502. The van der Waals surface area contributed by atoms with E-state index in [2.05, 4.69) is 57.3 Å². The molecule has 0 aromatic heterocycles. The fourth-order valence-electron chi connectivity index (χ4n) is 2.07. The standard InChI is InChI=1S/C12H19N.C6H9O6P/c1-5-13-11-8-6-10(7-9-11)12(2,3)4;7-5(8)2-1-4(6(9)10)3-13(11)12/h6-9,13H,5H2,1-4H3;4H,1-3H2,(H2-,7,8,9,10,11,12)/p+1. The van der Waals surface area contributed by atoms with Gasteiger partial charge in [0.25, 0.3) is 0 Å². The Morgan fingerprint density at radius 2 is 1.69 bits per heavy atom. The first-order valence-corrected chi connectivity index (χ1v) is 9.79. The molecule has 0 aliphatic heterocycles. The van der Waals surface area contributed by atoms with Gasteiger partial charge in [0.05, 0.1) is 0 Å². The fraction of sp³-hybridized carbons (Fsp3) is 0.556. The highest BCUT2D eigenvalue weighted by Crippen LogP contribution is 2.23. The van der Waals surface area contributed by atoms with Gasteiger partial charge in [0.2, 0.25) is 0 Å². The van der Waals surface area contributed by atoms with Gasteiger partial charge in [0.1, 0.15) is 5.92 Å². The number of aliphatic carboxylic acids is 2. The molecular formula is C18H29NO6P+. The molecule has 146 valence electrons. The lowest BCUT2D eigenvalue weighted by Crippen LogP contribution is -2.17. The molecule has 0 bridgehead atoms. The van der Waals surface area contributed by atoms with Crippen molar-refractivity contribution in [2.24, 2.45) is 5.92 Å². The van der Waals surface area contributed by atoms with E-state index >= 15 is 0 Å². The van der Waals surface area contributed by atoms with Crippen molar-refractivity contribution >= 4 is 25.7 Å². The monoisotopic (exact) mass is 386 g/mol. The normalized spacial score (nSPS) is 12.4. The number of carboxylic acid groups (broad SMARTS) is 2. The summed E-state index contributed by atoms with van der Waals surface area (Å²) in [6.45, 7) is 9.78. The molecule has 1 rings (SSSR count). The lowest BCUT2D eigenvalue weighted by atomic mass is 9.87. The Bertz CT molecular complexity index is 595. The average Bonchev–Trinajstić information content (AvgIpc) is 2.51. The van der Waals surface area contributed by atoms with Crippen molar-refractivity contribution in [3.05, 3.63) is 29.8 Å². The molecule has 0 saturated carbocycles. The van der Waals surface area contributed by atoms with Crippen LogP contribution in [0, 0.1) is 5.92 Å². The molecule has 0 fully saturated rings. The largest absolute Gasteiger partial charge is 0.506 e. The van der Waals surface area contributed by atoms with E-state index < -0.39 is 32.0 Å². The molecule has 1 aromatic rings. The smallest absolute Gasteiger partial charge is 0.481 e. The van der Waals surface area contributed by atoms with E-state index in [0.29, 0.717) is 0 Å². The second kappa shape index (κ2) is 11.6. The van der Waals surface area contributed by atoms with Crippen LogP contribution >= 0.6 is 8.03 Å². The molecule has 7 nitrogen and oxygen atoms in total. The lowest BCUT2D eigenvalue weighted by molar-refractivity contribution is -0.142. The van der Waals surface area contributed by atoms with Crippen molar-refractivity contribution in [1.82, 2.24) is 0 Å². The third-order valence-corrected chi connectivity index (χ3v) is 4.32. The Morgan fingerprint density at radius 3 is 2.04 bits per heavy atom. The molecular weight excluding hydrogens is 357 g/mol. The van der Waals surface area contributed by atoms with Gasteiger partial charge in [-0.05, 0) is 41.0 Å². The molecule has 0 saturated heterocycles. The molecule has 2 atom stereocenters. The topological polar surface area (TPSA) is 124 Å². The van der Waals surface area contributed by atoms with Crippen LogP contribution in [0.3, 0.4) is 0 Å². The van der Waals surface area contributed by atoms with Gasteiger partial charge in [-0.1, -0.05) is 32.9 Å². The summed E-state index contributed by atoms with van der Waals surface area (Å²) in [5.74, 6) is -3.40. The predicted octanol–water partition coefficient (Wildman–Crippen LogP) is 3.70. The van der Waals surface area contributed by atoms with Crippen LogP contribution in [-0.2, 0) is 19.6 Å². The molecule has 1 aromatic carbocycles. The number of anilines is 1. The fourth-order valence-corrected chi connectivity index (χ4v) is 2.79. The first kappa shape index (κ1) is 24.0. The third kappa shape index (κ3) is 10.8. The summed E-state index contributed by atoms with van der Waals surface area (Å²) in [4.78, 5) is 28.9. The number of hydrogen-bond acceptors (Lipinski definition) is 4. The minimum atomic E-state index is -2.53. The van der Waals surface area contributed by atoms with Crippen LogP contribution in [0.15, 0.2) is 24.3 Å². The van der Waals surface area contributed by atoms with Gasteiger partial charge >= 0.3 is 20.0 Å². The predicted molar refractivity (Wildman–Crippen MR) is 102 cm³/mol. The molecule has 0 radical (unpaired) electrons. The molecule has 0 heterocycles. The molecule has 2 unspecified atom stereocenters. The SMILES string of the molecule is CCNc1ccc(C(C)(C)C)cc1.O=C(O)CCC(C[P+](=O)O)C(=O)O. The van der Waals surface area contributed by atoms with Crippen LogP contribution < -0.4 is 5.32 Å². The summed E-state index contributed by atoms with van der Waals surface area (Å²) in [6.07, 6.45) is -0.815. The second-order valence-corrected chi connectivity index (χ2v) is 7.93. The number of benzene rings is 1. The third-order valence-electron chi connectivity index (χ3n) is 3.56. The number of nitrogens with one attached hydrogen (secondary N) is 1. The molecule has 0 spiro atoms. The van der Waals surface area contributed by atoms with Crippen molar-refractivity contribution in [3.8, 4) is 0 Å². The van der Waals surface area contributed by atoms with Crippen LogP contribution in [0.25, 0.3) is 0 Å². The lowest BCUT2D eigenvalue weighted by Gasteiger charge is -2.19. The van der Waals surface area contributed by atoms with Crippen LogP contribution in [-0.4, -0.2) is 39.8 Å². The number of rotatable bonds is 8. The first-order valence-electron chi connectivity index (χ1n) is 8.40. The van der Waals surface area contributed by atoms with Crippen LogP contribution in [0.5, 0.6) is 0 Å². The highest BCUT2D eigenvalue weighted by molar-refractivity contribution is 7.38. The molecule has 26 heavy (non-hydrogen) atoms. The van der Waals surface area contributed by atoms with E-state index in [-0.39, 0.29) is 18.3 Å². The Morgan fingerprint density at radius 1 is 1.15 bits per heavy atom. The average molecular weight is 386 g/mol. The summed E-state index contributed by atoms with van der Waals surface area (Å²) >= 11 is 0. The highest BCUT2D eigenvalue weighted by Gasteiger charge is 2.28. The Balaban J connectivity index is 0.000000481. The van der Waals surface area contributed by atoms with E-state index in [0.717, 1.165) is 6.54 Å². The van der Waals surface area contributed by atoms with E-state index in [1.54, 1.807) is 0 Å². The minimum Gasteiger partial charge on any atom is -0.481 e. The van der Waals surface area contributed by atoms with E-state index in [1.165, 1.54) is 11.3 Å². The van der Waals surface area contributed by atoms with Crippen LogP contribution in [0.4, 0.5) is 5.69 Å². The van der Waals surface area contributed by atoms with Gasteiger partial charge in [-0.2, -0.15) is 4.89 Å². The van der Waals surface area contributed by atoms with Gasteiger partial charge in [0, 0.05) is 18.7 Å². The van der Waals surface area contributed by atoms with Crippen molar-refractivity contribution in [2.45, 2.75) is 46.0 Å². The minimum absolute atomic E-state index is 0.119. The maximum Gasteiger partial charge on any atom is 0.506 e. The van der Waals surface area contributed by atoms with Crippen LogP contribution in [0.1, 0.15) is 46.1 Å². The first-order chi connectivity index (χ1) is 12.0. The summed E-state index contributed by atoms with van der Waals surface area (Å²) in [7, 11) is -2.53. The van der Waals surface area contributed by atoms with Crippen molar-refractivity contribution in [2.75, 3.05) is 18.0 Å². The molecule has 0 aliphatic rings. The highest BCUT2D eigenvalue weighted by atomic mass is 31.1. The van der Waals surface area contributed by atoms with Gasteiger partial charge in [0.15, 0.2) is 6.16 Å². The maximum absolute atomic E-state index is 10.4. The maximum atomic E-state index is 10.4. The van der Waals surface area contributed by atoms with E-state index in [1.807, 2.05) is 0 Å². The summed E-state index contributed by atoms with van der Waals surface area (Å²) in [5, 5.41) is 20.0. The molecule has 0 aliphatic carbocycles. The molecule has 4 N–H and O–H groups in total. The molecule has 8 heteroatoms. The van der Waals surface area contributed by atoms with Crippen molar-refractivity contribution in [1.29, 1.82) is 0 Å².